The minimum atomic E-state index is -1.43. The van der Waals surface area contributed by atoms with Crippen LogP contribution in [0.15, 0.2) is 83.1 Å². The van der Waals surface area contributed by atoms with Crippen LogP contribution < -0.4 is 4.90 Å². The van der Waals surface area contributed by atoms with E-state index in [2.05, 4.69) is 11.8 Å². The molecule has 31 heavy (non-hydrogen) atoms. The van der Waals surface area contributed by atoms with Crippen molar-refractivity contribution in [1.82, 2.24) is 0 Å². The standard InChI is InChI=1S/C25H17N5O/c1-25(2,31)14-13-23(19(15-26)16-27)24(20(17-28)18-29)30(21-9-5-3-6-10-21)22-11-7-4-8-12-22/h3-12,31H,1-2H3. The lowest BCUT2D eigenvalue weighted by Gasteiger charge is -2.28. The number of benzene rings is 2. The van der Waals surface area contributed by atoms with Gasteiger partial charge in [0.2, 0.25) is 0 Å². The minimum Gasteiger partial charge on any atom is -0.378 e. The van der Waals surface area contributed by atoms with Gasteiger partial charge in [0.1, 0.15) is 35.5 Å². The highest BCUT2D eigenvalue weighted by atomic mass is 16.3. The summed E-state index contributed by atoms with van der Waals surface area (Å²) in [7, 11) is 0. The van der Waals surface area contributed by atoms with Gasteiger partial charge in [-0.05, 0) is 38.1 Å². The zero-order valence-electron chi connectivity index (χ0n) is 17.0. The third-order valence-corrected chi connectivity index (χ3v) is 3.92. The van der Waals surface area contributed by atoms with Gasteiger partial charge in [-0.2, -0.15) is 21.0 Å². The number of hydrogen-bond acceptors (Lipinski definition) is 6. The molecule has 148 valence electrons. The van der Waals surface area contributed by atoms with Gasteiger partial charge in [-0.1, -0.05) is 48.2 Å². The fourth-order valence-electron chi connectivity index (χ4n) is 2.63. The van der Waals surface area contributed by atoms with Gasteiger partial charge in [0.25, 0.3) is 0 Å². The molecule has 0 unspecified atom stereocenters. The van der Waals surface area contributed by atoms with E-state index in [9.17, 15) is 26.2 Å². The molecule has 0 spiro atoms. The first-order chi connectivity index (χ1) is 14.9. The van der Waals surface area contributed by atoms with Crippen LogP contribution in [0.3, 0.4) is 0 Å². The maximum atomic E-state index is 10.1. The monoisotopic (exact) mass is 403 g/mol. The van der Waals surface area contributed by atoms with Crippen molar-refractivity contribution in [2.45, 2.75) is 19.4 Å². The van der Waals surface area contributed by atoms with Crippen LogP contribution in [0, 0.1) is 57.2 Å². The van der Waals surface area contributed by atoms with Gasteiger partial charge in [0.15, 0.2) is 5.57 Å². The van der Waals surface area contributed by atoms with E-state index >= 15 is 0 Å². The zero-order chi connectivity index (χ0) is 22.9. The molecule has 0 aliphatic carbocycles. The third kappa shape index (κ3) is 5.60. The maximum Gasteiger partial charge on any atom is 0.154 e. The predicted octanol–water partition coefficient (Wildman–Crippen LogP) is 4.24. The zero-order valence-corrected chi connectivity index (χ0v) is 17.0. The Morgan fingerprint density at radius 2 is 1.16 bits per heavy atom. The summed E-state index contributed by atoms with van der Waals surface area (Å²) in [6.45, 7) is 2.89. The SMILES string of the molecule is CC(C)(O)C#CC(=C(C#N)C#N)C(=C(C#N)C#N)N(c1ccccc1)c1ccccc1. The molecule has 0 saturated heterocycles. The summed E-state index contributed by atoms with van der Waals surface area (Å²) in [5.74, 6) is 5.24. The van der Waals surface area contributed by atoms with Gasteiger partial charge in [-0.3, -0.25) is 0 Å². The summed E-state index contributed by atoms with van der Waals surface area (Å²) < 4.78 is 0. The quantitative estimate of drug-likeness (QED) is 0.463. The molecule has 0 saturated carbocycles. The number of aliphatic hydroxyl groups is 1. The number of hydrogen-bond donors (Lipinski definition) is 1. The van der Waals surface area contributed by atoms with Crippen LogP contribution in [0.5, 0.6) is 0 Å². The van der Waals surface area contributed by atoms with Gasteiger partial charge in [0.05, 0.1) is 11.3 Å². The van der Waals surface area contributed by atoms with Crippen LogP contribution in [0.25, 0.3) is 0 Å². The van der Waals surface area contributed by atoms with Crippen molar-refractivity contribution >= 4 is 11.4 Å². The van der Waals surface area contributed by atoms with Crippen LogP contribution in [0.4, 0.5) is 11.4 Å². The van der Waals surface area contributed by atoms with Crippen molar-refractivity contribution in [3.8, 4) is 36.1 Å². The number of nitriles is 4. The molecule has 2 aromatic rings. The molecule has 0 fully saturated rings. The average molecular weight is 403 g/mol. The fraction of sp³-hybridized carbons (Fsp3) is 0.120. The predicted molar refractivity (Wildman–Crippen MR) is 116 cm³/mol. The molecule has 0 aliphatic heterocycles. The summed E-state index contributed by atoms with van der Waals surface area (Å²) in [6.07, 6.45) is 0. The molecule has 0 aliphatic rings. The summed E-state index contributed by atoms with van der Waals surface area (Å²) >= 11 is 0. The number of rotatable bonds is 4. The second-order valence-electron chi connectivity index (χ2n) is 6.74. The molecule has 6 heteroatoms. The highest BCUT2D eigenvalue weighted by Gasteiger charge is 2.25. The summed E-state index contributed by atoms with van der Waals surface area (Å²) in [4.78, 5) is 1.59. The van der Waals surface area contributed by atoms with E-state index in [0.29, 0.717) is 11.4 Å². The smallest absolute Gasteiger partial charge is 0.154 e. The Morgan fingerprint density at radius 1 is 0.742 bits per heavy atom. The summed E-state index contributed by atoms with van der Waals surface area (Å²) in [5.41, 5.74) is -1.12. The lowest BCUT2D eigenvalue weighted by Crippen LogP contribution is -2.21. The largest absolute Gasteiger partial charge is 0.378 e. The normalized spacial score (nSPS) is 9.39. The van der Waals surface area contributed by atoms with E-state index in [1.54, 1.807) is 65.6 Å². The highest BCUT2D eigenvalue weighted by molar-refractivity contribution is 5.78. The topological polar surface area (TPSA) is 119 Å². The number of para-hydroxylation sites is 2. The first kappa shape index (κ1) is 22.5. The summed E-state index contributed by atoms with van der Waals surface area (Å²) in [5, 5.41) is 48.6. The Balaban J connectivity index is 3.03. The number of nitrogens with zero attached hydrogens (tertiary/aromatic N) is 5. The van der Waals surface area contributed by atoms with E-state index in [4.69, 9.17) is 0 Å². The van der Waals surface area contributed by atoms with Crippen LogP contribution in [0.2, 0.25) is 0 Å². The van der Waals surface area contributed by atoms with Gasteiger partial charge in [-0.15, -0.1) is 0 Å². The lowest BCUT2D eigenvalue weighted by atomic mass is 9.99. The van der Waals surface area contributed by atoms with Crippen molar-refractivity contribution in [2.75, 3.05) is 4.90 Å². The molecule has 2 aromatic carbocycles. The summed E-state index contributed by atoms with van der Waals surface area (Å²) in [6, 6.07) is 25.1. The van der Waals surface area contributed by atoms with Crippen LogP contribution in [-0.4, -0.2) is 10.7 Å². The van der Waals surface area contributed by atoms with Gasteiger partial charge >= 0.3 is 0 Å². The Kier molecular flexibility index (Phi) is 7.34. The fourth-order valence-corrected chi connectivity index (χ4v) is 2.63. The van der Waals surface area contributed by atoms with E-state index in [0.717, 1.165) is 0 Å². The number of anilines is 2. The molecule has 0 bridgehead atoms. The molecule has 0 aromatic heterocycles. The van der Waals surface area contributed by atoms with E-state index in [-0.39, 0.29) is 22.4 Å². The van der Waals surface area contributed by atoms with Crippen molar-refractivity contribution in [3.63, 3.8) is 0 Å². The Hall–Kier alpha value is -4.80. The lowest BCUT2D eigenvalue weighted by molar-refractivity contribution is 0.143. The second-order valence-corrected chi connectivity index (χ2v) is 6.74. The highest BCUT2D eigenvalue weighted by Crippen LogP contribution is 2.35. The van der Waals surface area contributed by atoms with Gasteiger partial charge < -0.3 is 10.0 Å². The minimum absolute atomic E-state index is 0.0164. The molecule has 0 radical (unpaired) electrons. The molecule has 0 amide bonds. The van der Waals surface area contributed by atoms with Crippen LogP contribution >= 0.6 is 0 Å². The van der Waals surface area contributed by atoms with Gasteiger partial charge in [-0.25, -0.2) is 0 Å². The second kappa shape index (κ2) is 10.1. The first-order valence-electron chi connectivity index (χ1n) is 9.11. The molecule has 1 N–H and O–H groups in total. The van der Waals surface area contributed by atoms with Crippen molar-refractivity contribution in [1.29, 1.82) is 21.0 Å². The maximum absolute atomic E-state index is 10.1. The Bertz CT molecular complexity index is 1170. The molecular formula is C25H17N5O. The molecule has 6 nitrogen and oxygen atoms in total. The molecule has 0 heterocycles. The number of allylic oxidation sites excluding steroid dienone is 3. The van der Waals surface area contributed by atoms with E-state index < -0.39 is 5.60 Å². The van der Waals surface area contributed by atoms with Gasteiger partial charge in [0, 0.05) is 11.4 Å². The first-order valence-corrected chi connectivity index (χ1v) is 9.11. The van der Waals surface area contributed by atoms with Crippen LogP contribution in [-0.2, 0) is 0 Å². The van der Waals surface area contributed by atoms with Crippen LogP contribution in [0.1, 0.15) is 13.8 Å². The molecule has 0 atom stereocenters. The van der Waals surface area contributed by atoms with Crippen molar-refractivity contribution < 1.29 is 5.11 Å². The van der Waals surface area contributed by atoms with Crippen molar-refractivity contribution in [3.05, 3.63) is 83.1 Å². The van der Waals surface area contributed by atoms with Crippen molar-refractivity contribution in [2.24, 2.45) is 0 Å². The van der Waals surface area contributed by atoms with E-state index in [1.165, 1.54) is 13.8 Å². The average Bonchev–Trinajstić information content (AvgIpc) is 2.77. The molecule has 2 rings (SSSR count). The molecular weight excluding hydrogens is 386 g/mol. The Morgan fingerprint density at radius 3 is 1.52 bits per heavy atom. The third-order valence-electron chi connectivity index (χ3n) is 3.92. The van der Waals surface area contributed by atoms with E-state index in [1.807, 2.05) is 24.3 Å². The Labute approximate surface area is 181 Å².